The topological polar surface area (TPSA) is 41.1 Å². The molecular formula is C18H28N2O. The van der Waals surface area contributed by atoms with Gasteiger partial charge in [0, 0.05) is 25.0 Å². The lowest BCUT2D eigenvalue weighted by Crippen LogP contribution is -2.42. The first-order valence-corrected chi connectivity index (χ1v) is 8.24. The van der Waals surface area contributed by atoms with E-state index in [0.717, 1.165) is 13.1 Å². The van der Waals surface area contributed by atoms with Crippen molar-refractivity contribution >= 4 is 5.91 Å². The third-order valence-electron chi connectivity index (χ3n) is 4.35. The Balaban J connectivity index is 1.81. The number of carbonyl (C=O) groups excluding carboxylic acids is 1. The van der Waals surface area contributed by atoms with Crippen molar-refractivity contribution in [3.63, 3.8) is 0 Å². The van der Waals surface area contributed by atoms with Gasteiger partial charge in [0.15, 0.2) is 0 Å². The molecule has 0 radical (unpaired) electrons. The number of amides is 1. The quantitative estimate of drug-likeness (QED) is 0.790. The van der Waals surface area contributed by atoms with E-state index in [-0.39, 0.29) is 11.8 Å². The fourth-order valence-electron chi connectivity index (χ4n) is 3.12. The summed E-state index contributed by atoms with van der Waals surface area (Å²) in [7, 11) is 0. The Hall–Kier alpha value is -1.35. The van der Waals surface area contributed by atoms with Crippen molar-refractivity contribution in [1.29, 1.82) is 0 Å². The highest BCUT2D eigenvalue weighted by molar-refractivity contribution is 5.77. The van der Waals surface area contributed by atoms with Crippen LogP contribution in [0.15, 0.2) is 30.3 Å². The highest BCUT2D eigenvalue weighted by atomic mass is 16.1. The molecule has 1 fully saturated rings. The first-order chi connectivity index (χ1) is 10.2. The summed E-state index contributed by atoms with van der Waals surface area (Å²) in [4.78, 5) is 11.5. The van der Waals surface area contributed by atoms with Crippen LogP contribution in [0.3, 0.4) is 0 Å². The summed E-state index contributed by atoms with van der Waals surface area (Å²) in [6, 6.07) is 11.4. The van der Waals surface area contributed by atoms with Gasteiger partial charge in [-0.1, -0.05) is 57.0 Å². The highest BCUT2D eigenvalue weighted by Crippen LogP contribution is 2.32. The molecule has 0 spiro atoms. The Morgan fingerprint density at radius 2 is 1.86 bits per heavy atom. The first-order valence-electron chi connectivity index (χ1n) is 8.24. The van der Waals surface area contributed by atoms with Crippen LogP contribution in [0.25, 0.3) is 0 Å². The van der Waals surface area contributed by atoms with Crippen LogP contribution in [-0.2, 0) is 4.79 Å². The Labute approximate surface area is 128 Å². The summed E-state index contributed by atoms with van der Waals surface area (Å²) >= 11 is 0. The molecule has 0 aromatic heterocycles. The van der Waals surface area contributed by atoms with E-state index < -0.39 is 0 Å². The van der Waals surface area contributed by atoms with Crippen molar-refractivity contribution in [2.45, 2.75) is 51.5 Å². The molecule has 2 atom stereocenters. The van der Waals surface area contributed by atoms with Crippen molar-refractivity contribution in [3.8, 4) is 0 Å². The van der Waals surface area contributed by atoms with E-state index in [1.54, 1.807) is 0 Å². The van der Waals surface area contributed by atoms with Crippen molar-refractivity contribution in [3.05, 3.63) is 35.9 Å². The van der Waals surface area contributed by atoms with Crippen LogP contribution in [0.5, 0.6) is 0 Å². The molecule has 1 aliphatic carbocycles. The average Bonchev–Trinajstić information content (AvgIpc) is 2.52. The molecule has 1 aromatic carbocycles. The van der Waals surface area contributed by atoms with Crippen molar-refractivity contribution < 1.29 is 4.79 Å². The molecule has 1 aliphatic rings. The maximum absolute atomic E-state index is 11.5. The molecule has 2 unspecified atom stereocenters. The zero-order valence-corrected chi connectivity index (χ0v) is 13.3. The van der Waals surface area contributed by atoms with Gasteiger partial charge in [-0.15, -0.1) is 0 Å². The predicted molar refractivity (Wildman–Crippen MR) is 87.3 cm³/mol. The Morgan fingerprint density at radius 1 is 1.14 bits per heavy atom. The second kappa shape index (κ2) is 8.18. The molecule has 0 bridgehead atoms. The van der Waals surface area contributed by atoms with E-state index in [9.17, 15) is 4.79 Å². The van der Waals surface area contributed by atoms with Gasteiger partial charge in [0.25, 0.3) is 0 Å². The van der Waals surface area contributed by atoms with Gasteiger partial charge in [0.2, 0.25) is 5.91 Å². The molecule has 1 aromatic rings. The van der Waals surface area contributed by atoms with Gasteiger partial charge < -0.3 is 10.6 Å². The van der Waals surface area contributed by atoms with Crippen LogP contribution < -0.4 is 10.6 Å². The van der Waals surface area contributed by atoms with E-state index >= 15 is 0 Å². The number of rotatable bonds is 6. The van der Waals surface area contributed by atoms with E-state index in [4.69, 9.17) is 0 Å². The Kier molecular flexibility index (Phi) is 6.24. The highest BCUT2D eigenvalue weighted by Gasteiger charge is 2.25. The van der Waals surface area contributed by atoms with Crippen LogP contribution in [0.1, 0.15) is 51.0 Å². The molecule has 3 heteroatoms. The molecule has 2 rings (SSSR count). The number of benzene rings is 1. The van der Waals surface area contributed by atoms with Gasteiger partial charge in [0.1, 0.15) is 0 Å². The van der Waals surface area contributed by atoms with Gasteiger partial charge in [-0.3, -0.25) is 4.79 Å². The SMILES string of the molecule is CC(C)C(=O)NCCNC1CCCCC1c1ccccc1. The van der Waals surface area contributed by atoms with Crippen molar-refractivity contribution in [2.75, 3.05) is 13.1 Å². The molecule has 1 saturated carbocycles. The smallest absolute Gasteiger partial charge is 0.222 e. The molecule has 21 heavy (non-hydrogen) atoms. The maximum Gasteiger partial charge on any atom is 0.222 e. The monoisotopic (exact) mass is 288 g/mol. The van der Waals surface area contributed by atoms with Gasteiger partial charge in [-0.2, -0.15) is 0 Å². The molecular weight excluding hydrogens is 260 g/mol. The molecule has 0 heterocycles. The Morgan fingerprint density at radius 3 is 2.57 bits per heavy atom. The van der Waals surface area contributed by atoms with Gasteiger partial charge >= 0.3 is 0 Å². The average molecular weight is 288 g/mol. The summed E-state index contributed by atoms with van der Waals surface area (Å²) in [5.41, 5.74) is 1.45. The molecule has 0 aliphatic heterocycles. The van der Waals surface area contributed by atoms with Gasteiger partial charge in [-0.05, 0) is 24.3 Å². The van der Waals surface area contributed by atoms with Crippen LogP contribution in [0.2, 0.25) is 0 Å². The Bertz CT molecular complexity index is 430. The van der Waals surface area contributed by atoms with Gasteiger partial charge in [-0.25, -0.2) is 0 Å². The van der Waals surface area contributed by atoms with Gasteiger partial charge in [0.05, 0.1) is 0 Å². The molecule has 116 valence electrons. The molecule has 3 nitrogen and oxygen atoms in total. The second-order valence-electron chi connectivity index (χ2n) is 6.31. The zero-order valence-electron chi connectivity index (χ0n) is 13.3. The lowest BCUT2D eigenvalue weighted by atomic mass is 9.80. The van der Waals surface area contributed by atoms with Crippen LogP contribution in [0.4, 0.5) is 0 Å². The minimum absolute atomic E-state index is 0.0664. The fraction of sp³-hybridized carbons (Fsp3) is 0.611. The first kappa shape index (κ1) is 16.0. The lowest BCUT2D eigenvalue weighted by Gasteiger charge is -2.33. The zero-order chi connectivity index (χ0) is 15.1. The molecule has 0 saturated heterocycles. The fourth-order valence-corrected chi connectivity index (χ4v) is 3.12. The minimum atomic E-state index is 0.0664. The summed E-state index contributed by atoms with van der Waals surface area (Å²) in [5.74, 6) is 0.817. The summed E-state index contributed by atoms with van der Waals surface area (Å²) < 4.78 is 0. The van der Waals surface area contributed by atoms with Crippen molar-refractivity contribution in [2.24, 2.45) is 5.92 Å². The van der Waals surface area contributed by atoms with Crippen LogP contribution in [0, 0.1) is 5.92 Å². The van der Waals surface area contributed by atoms with E-state index in [1.807, 2.05) is 13.8 Å². The number of nitrogens with one attached hydrogen (secondary N) is 2. The second-order valence-corrected chi connectivity index (χ2v) is 6.31. The maximum atomic E-state index is 11.5. The number of hydrogen-bond donors (Lipinski definition) is 2. The number of carbonyl (C=O) groups is 1. The molecule has 1 amide bonds. The summed E-state index contributed by atoms with van der Waals surface area (Å²) in [5, 5.41) is 6.62. The third kappa shape index (κ3) is 4.85. The third-order valence-corrected chi connectivity index (χ3v) is 4.35. The normalized spacial score (nSPS) is 22.2. The summed E-state index contributed by atoms with van der Waals surface area (Å²) in [6.07, 6.45) is 5.12. The van der Waals surface area contributed by atoms with Crippen molar-refractivity contribution in [1.82, 2.24) is 10.6 Å². The van der Waals surface area contributed by atoms with Crippen LogP contribution in [-0.4, -0.2) is 25.0 Å². The molecule has 2 N–H and O–H groups in total. The largest absolute Gasteiger partial charge is 0.355 e. The van der Waals surface area contributed by atoms with E-state index in [1.165, 1.54) is 31.2 Å². The minimum Gasteiger partial charge on any atom is -0.355 e. The number of hydrogen-bond acceptors (Lipinski definition) is 2. The lowest BCUT2D eigenvalue weighted by molar-refractivity contribution is -0.123. The standard InChI is InChI=1S/C18H28N2O/c1-14(2)18(21)20-13-12-19-17-11-7-6-10-16(17)15-8-4-3-5-9-15/h3-5,8-9,14,16-17,19H,6-7,10-13H2,1-2H3,(H,20,21). The van der Waals surface area contributed by atoms with E-state index in [2.05, 4.69) is 41.0 Å². The predicted octanol–water partition coefficient (Wildman–Crippen LogP) is 3.07. The van der Waals surface area contributed by atoms with E-state index in [0.29, 0.717) is 12.0 Å². The van der Waals surface area contributed by atoms with Crippen LogP contribution >= 0.6 is 0 Å². The summed E-state index contributed by atoms with van der Waals surface area (Å²) in [6.45, 7) is 5.42.